The molecular formula is C14H12F2N2S. The first-order chi connectivity index (χ1) is 8.99. The van der Waals surface area contributed by atoms with Crippen molar-refractivity contribution in [1.82, 2.24) is 0 Å². The Labute approximate surface area is 114 Å². The second kappa shape index (κ2) is 4.98. The second-order valence-corrected chi connectivity index (χ2v) is 5.22. The van der Waals surface area contributed by atoms with E-state index in [-0.39, 0.29) is 0 Å². The summed E-state index contributed by atoms with van der Waals surface area (Å²) in [6.07, 6.45) is 0.592. The molecule has 1 aromatic carbocycles. The van der Waals surface area contributed by atoms with Crippen LogP contribution in [0.3, 0.4) is 0 Å². The molecule has 0 saturated heterocycles. The van der Waals surface area contributed by atoms with E-state index in [0.717, 1.165) is 23.0 Å². The summed E-state index contributed by atoms with van der Waals surface area (Å²) in [7, 11) is 0. The number of nitriles is 1. The molecule has 1 aromatic heterocycles. The molecule has 2 N–H and O–H groups in total. The zero-order chi connectivity index (χ0) is 14.2. The van der Waals surface area contributed by atoms with E-state index in [2.05, 4.69) is 0 Å². The van der Waals surface area contributed by atoms with Crippen molar-refractivity contribution in [3.05, 3.63) is 39.8 Å². The Morgan fingerprint density at radius 2 is 2.00 bits per heavy atom. The molecule has 0 bridgehead atoms. The summed E-state index contributed by atoms with van der Waals surface area (Å²) in [5, 5.41) is 8.99. The molecule has 0 amide bonds. The summed E-state index contributed by atoms with van der Waals surface area (Å²) in [5.41, 5.74) is 7.67. The third-order valence-corrected chi connectivity index (χ3v) is 4.18. The number of nitrogen functional groups attached to an aromatic ring is 1. The van der Waals surface area contributed by atoms with Gasteiger partial charge in [-0.1, -0.05) is 6.92 Å². The lowest BCUT2D eigenvalue weighted by Gasteiger charge is -2.06. The Bertz CT molecular complexity index is 684. The van der Waals surface area contributed by atoms with Gasteiger partial charge in [-0.25, -0.2) is 8.78 Å². The van der Waals surface area contributed by atoms with Gasteiger partial charge in [0.2, 0.25) is 0 Å². The van der Waals surface area contributed by atoms with E-state index in [1.54, 1.807) is 6.92 Å². The molecule has 0 fully saturated rings. The smallest absolute Gasteiger partial charge is 0.134 e. The quantitative estimate of drug-likeness (QED) is 0.902. The van der Waals surface area contributed by atoms with Crippen LogP contribution in [0.1, 0.15) is 22.9 Å². The molecule has 0 radical (unpaired) electrons. The second-order valence-electron chi connectivity index (χ2n) is 4.20. The number of nitrogens with two attached hydrogens (primary N) is 1. The SMILES string of the molecule is CCc1c(-c2cc(C)c(F)cc2F)sc(C#N)c1N. The lowest BCUT2D eigenvalue weighted by molar-refractivity contribution is 0.580. The topological polar surface area (TPSA) is 49.8 Å². The van der Waals surface area contributed by atoms with Gasteiger partial charge in [0.15, 0.2) is 0 Å². The number of hydrogen-bond acceptors (Lipinski definition) is 3. The van der Waals surface area contributed by atoms with Gasteiger partial charge in [-0.3, -0.25) is 0 Å². The highest BCUT2D eigenvalue weighted by Crippen LogP contribution is 2.40. The summed E-state index contributed by atoms with van der Waals surface area (Å²) in [4.78, 5) is 0.977. The molecule has 0 aliphatic carbocycles. The van der Waals surface area contributed by atoms with Crippen LogP contribution >= 0.6 is 11.3 Å². The summed E-state index contributed by atoms with van der Waals surface area (Å²) in [5.74, 6) is -1.21. The Morgan fingerprint density at radius 3 is 2.58 bits per heavy atom. The normalized spacial score (nSPS) is 10.5. The van der Waals surface area contributed by atoms with E-state index in [9.17, 15) is 8.78 Å². The number of nitrogens with zero attached hydrogens (tertiary/aromatic N) is 1. The molecular weight excluding hydrogens is 266 g/mol. The molecule has 2 aromatic rings. The summed E-state index contributed by atoms with van der Waals surface area (Å²) >= 11 is 1.14. The van der Waals surface area contributed by atoms with Crippen LogP contribution in [0.2, 0.25) is 0 Å². The Balaban J connectivity index is 2.72. The average molecular weight is 278 g/mol. The third kappa shape index (κ3) is 2.20. The zero-order valence-corrected chi connectivity index (χ0v) is 11.4. The Hall–Kier alpha value is -1.93. The highest BCUT2D eigenvalue weighted by molar-refractivity contribution is 7.16. The number of rotatable bonds is 2. The predicted molar refractivity (Wildman–Crippen MR) is 72.9 cm³/mol. The first kappa shape index (κ1) is 13.5. The van der Waals surface area contributed by atoms with Crippen molar-refractivity contribution < 1.29 is 8.78 Å². The van der Waals surface area contributed by atoms with Gasteiger partial charge in [0.1, 0.15) is 22.6 Å². The number of halogens is 2. The molecule has 98 valence electrons. The van der Waals surface area contributed by atoms with Gasteiger partial charge in [-0.05, 0) is 30.5 Å². The van der Waals surface area contributed by atoms with Crippen LogP contribution in [-0.4, -0.2) is 0 Å². The lowest BCUT2D eigenvalue weighted by atomic mass is 10.0. The van der Waals surface area contributed by atoms with E-state index < -0.39 is 11.6 Å². The number of anilines is 1. The standard InChI is InChI=1S/C14H12F2N2S/c1-3-8-13(18)12(6-17)19-14(8)9-4-7(2)10(15)5-11(9)16/h4-5H,3,18H2,1-2H3. The van der Waals surface area contributed by atoms with Crippen LogP contribution in [0.4, 0.5) is 14.5 Å². The van der Waals surface area contributed by atoms with Gasteiger partial charge in [0.05, 0.1) is 5.69 Å². The fourth-order valence-corrected chi connectivity index (χ4v) is 3.09. The van der Waals surface area contributed by atoms with Crippen LogP contribution in [0.15, 0.2) is 12.1 Å². The van der Waals surface area contributed by atoms with Gasteiger partial charge in [0.25, 0.3) is 0 Å². The molecule has 0 saturated carbocycles. The number of benzene rings is 1. The maximum absolute atomic E-state index is 13.9. The highest BCUT2D eigenvalue weighted by atomic mass is 32.1. The molecule has 0 aliphatic heterocycles. The van der Waals surface area contributed by atoms with Gasteiger partial charge >= 0.3 is 0 Å². The Kier molecular flexibility index (Phi) is 3.54. The molecule has 2 rings (SSSR count). The van der Waals surface area contributed by atoms with Crippen LogP contribution < -0.4 is 5.73 Å². The first-order valence-electron chi connectivity index (χ1n) is 5.76. The predicted octanol–water partition coefficient (Wildman–Crippen LogP) is 4.02. The van der Waals surface area contributed by atoms with Crippen LogP contribution in [0.5, 0.6) is 0 Å². The van der Waals surface area contributed by atoms with Gasteiger partial charge < -0.3 is 5.73 Å². The van der Waals surface area contributed by atoms with Crippen molar-refractivity contribution in [3.8, 4) is 16.5 Å². The van der Waals surface area contributed by atoms with Gasteiger partial charge in [-0.15, -0.1) is 11.3 Å². The van der Waals surface area contributed by atoms with Crippen molar-refractivity contribution in [2.45, 2.75) is 20.3 Å². The van der Waals surface area contributed by atoms with Crippen LogP contribution in [0.25, 0.3) is 10.4 Å². The Morgan fingerprint density at radius 1 is 1.32 bits per heavy atom. The molecule has 0 spiro atoms. The van der Waals surface area contributed by atoms with Crippen molar-refractivity contribution in [2.75, 3.05) is 5.73 Å². The zero-order valence-electron chi connectivity index (χ0n) is 10.6. The first-order valence-corrected chi connectivity index (χ1v) is 6.58. The lowest BCUT2D eigenvalue weighted by Crippen LogP contribution is -1.94. The van der Waals surface area contributed by atoms with E-state index >= 15 is 0 Å². The minimum atomic E-state index is -0.636. The molecule has 5 heteroatoms. The van der Waals surface area contributed by atoms with E-state index in [4.69, 9.17) is 11.0 Å². The summed E-state index contributed by atoms with van der Waals surface area (Å²) in [6.45, 7) is 3.46. The fraction of sp³-hybridized carbons (Fsp3) is 0.214. The molecule has 0 aliphatic rings. The van der Waals surface area contributed by atoms with E-state index in [1.807, 2.05) is 13.0 Å². The number of aryl methyl sites for hydroxylation is 1. The minimum absolute atomic E-state index is 0.300. The molecule has 0 atom stereocenters. The average Bonchev–Trinajstić information content (AvgIpc) is 2.70. The van der Waals surface area contributed by atoms with Crippen LogP contribution in [-0.2, 0) is 6.42 Å². The fourth-order valence-electron chi connectivity index (χ4n) is 1.96. The van der Waals surface area contributed by atoms with Gasteiger partial charge in [-0.2, -0.15) is 5.26 Å². The number of thiophene rings is 1. The van der Waals surface area contributed by atoms with Gasteiger partial charge in [0, 0.05) is 16.5 Å². The van der Waals surface area contributed by atoms with E-state index in [0.29, 0.717) is 33.0 Å². The van der Waals surface area contributed by atoms with Crippen LogP contribution in [0, 0.1) is 29.9 Å². The molecule has 2 nitrogen and oxygen atoms in total. The van der Waals surface area contributed by atoms with Crippen molar-refractivity contribution in [2.24, 2.45) is 0 Å². The van der Waals surface area contributed by atoms with Crippen molar-refractivity contribution >= 4 is 17.0 Å². The summed E-state index contributed by atoms with van der Waals surface area (Å²) < 4.78 is 27.2. The number of hydrogen-bond donors (Lipinski definition) is 1. The van der Waals surface area contributed by atoms with Crippen molar-refractivity contribution in [1.29, 1.82) is 5.26 Å². The maximum atomic E-state index is 13.9. The maximum Gasteiger partial charge on any atom is 0.134 e. The molecule has 19 heavy (non-hydrogen) atoms. The highest BCUT2D eigenvalue weighted by Gasteiger charge is 2.19. The summed E-state index contributed by atoms with van der Waals surface area (Å²) in [6, 6.07) is 4.32. The molecule has 0 unspecified atom stereocenters. The minimum Gasteiger partial charge on any atom is -0.397 e. The third-order valence-electron chi connectivity index (χ3n) is 3.00. The largest absolute Gasteiger partial charge is 0.397 e. The van der Waals surface area contributed by atoms with E-state index in [1.165, 1.54) is 6.07 Å². The van der Waals surface area contributed by atoms with Crippen molar-refractivity contribution in [3.63, 3.8) is 0 Å². The monoisotopic (exact) mass is 278 g/mol. The molecule has 1 heterocycles.